The average molecular weight is 246 g/mol. The van der Waals surface area contributed by atoms with Crippen LogP contribution < -0.4 is 0 Å². The maximum atomic E-state index is 5.11. The zero-order chi connectivity index (χ0) is 12.0. The van der Waals surface area contributed by atoms with Gasteiger partial charge in [-0.2, -0.15) is 0 Å². The lowest BCUT2D eigenvalue weighted by molar-refractivity contribution is -0.113. The van der Waals surface area contributed by atoms with Crippen LogP contribution in [0.3, 0.4) is 0 Å². The van der Waals surface area contributed by atoms with Gasteiger partial charge in [-0.25, -0.2) is 4.68 Å². The van der Waals surface area contributed by atoms with Crippen LogP contribution in [0.25, 0.3) is 0 Å². The van der Waals surface area contributed by atoms with Gasteiger partial charge in [0.1, 0.15) is 0 Å². The Kier molecular flexibility index (Phi) is 5.72. The van der Waals surface area contributed by atoms with Crippen LogP contribution in [0.5, 0.6) is 0 Å². The average Bonchev–Trinajstić information content (AvgIpc) is 2.73. The van der Waals surface area contributed by atoms with Gasteiger partial charge in [-0.15, -0.1) is 5.10 Å². The van der Waals surface area contributed by atoms with Crippen LogP contribution in [0.1, 0.15) is 20.3 Å². The molecule has 1 aromatic rings. The Morgan fingerprint density at radius 2 is 2.06 bits per heavy atom. The Hall–Kier alpha value is -0.660. The number of tetrazole rings is 1. The smallest absolute Gasteiger partial charge is 0.209 e. The summed E-state index contributed by atoms with van der Waals surface area (Å²) in [6.07, 6.45) is 0.759. The highest BCUT2D eigenvalue weighted by Crippen LogP contribution is 2.22. The first kappa shape index (κ1) is 13.4. The van der Waals surface area contributed by atoms with Gasteiger partial charge in [0.15, 0.2) is 6.29 Å². The predicted octanol–water partition coefficient (Wildman–Crippen LogP) is 1.18. The first-order valence-corrected chi connectivity index (χ1v) is 6.07. The number of thioether (sulfide) groups is 1. The van der Waals surface area contributed by atoms with Gasteiger partial charge < -0.3 is 9.47 Å². The second kappa shape index (κ2) is 6.82. The zero-order valence-electron chi connectivity index (χ0n) is 10.1. The van der Waals surface area contributed by atoms with Crippen LogP contribution in [0.15, 0.2) is 5.16 Å². The van der Waals surface area contributed by atoms with E-state index in [9.17, 15) is 0 Å². The lowest BCUT2D eigenvalue weighted by atomic mass is 10.4. The third kappa shape index (κ3) is 3.73. The highest BCUT2D eigenvalue weighted by atomic mass is 32.2. The van der Waals surface area contributed by atoms with Crippen molar-refractivity contribution in [3.8, 4) is 0 Å². The quantitative estimate of drug-likeness (QED) is 0.532. The summed E-state index contributed by atoms with van der Waals surface area (Å²) in [7, 11) is 3.19. The molecule has 1 atom stereocenters. The fourth-order valence-corrected chi connectivity index (χ4v) is 1.89. The van der Waals surface area contributed by atoms with E-state index in [2.05, 4.69) is 29.4 Å². The summed E-state index contributed by atoms with van der Waals surface area (Å²) in [5, 5.41) is 12.8. The fraction of sp³-hybridized carbons (Fsp3) is 0.889. The number of rotatable bonds is 7. The van der Waals surface area contributed by atoms with Crippen LogP contribution >= 0.6 is 11.8 Å². The molecule has 1 unspecified atom stereocenters. The molecule has 0 saturated carbocycles. The molecule has 0 spiro atoms. The molecule has 7 heteroatoms. The molecule has 6 nitrogen and oxygen atoms in total. The summed E-state index contributed by atoms with van der Waals surface area (Å²) < 4.78 is 11.9. The molecule has 0 aromatic carbocycles. The van der Waals surface area contributed by atoms with E-state index in [1.54, 1.807) is 30.7 Å². The van der Waals surface area contributed by atoms with Crippen molar-refractivity contribution in [2.75, 3.05) is 14.2 Å². The number of methoxy groups -OCH3 is 2. The number of nitrogens with zero attached hydrogens (tertiary/aromatic N) is 4. The van der Waals surface area contributed by atoms with Crippen molar-refractivity contribution < 1.29 is 9.47 Å². The molecular weight excluding hydrogens is 228 g/mol. The molecule has 92 valence electrons. The summed E-state index contributed by atoms with van der Waals surface area (Å²) >= 11 is 1.66. The molecule has 1 rings (SSSR count). The van der Waals surface area contributed by atoms with Crippen molar-refractivity contribution in [3.63, 3.8) is 0 Å². The van der Waals surface area contributed by atoms with Crippen LogP contribution in [-0.2, 0) is 16.0 Å². The van der Waals surface area contributed by atoms with Crippen LogP contribution in [0.4, 0.5) is 0 Å². The van der Waals surface area contributed by atoms with Crippen molar-refractivity contribution in [2.24, 2.45) is 0 Å². The largest absolute Gasteiger partial charge is 0.354 e. The first-order valence-electron chi connectivity index (χ1n) is 5.19. The number of ether oxygens (including phenoxy) is 2. The summed E-state index contributed by atoms with van der Waals surface area (Å²) in [6, 6.07) is 0. The molecule has 0 aliphatic heterocycles. The molecular formula is C9H18N4O2S. The summed E-state index contributed by atoms with van der Waals surface area (Å²) in [5.41, 5.74) is 0. The summed E-state index contributed by atoms with van der Waals surface area (Å²) in [6.45, 7) is 4.78. The van der Waals surface area contributed by atoms with E-state index in [0.717, 1.165) is 11.6 Å². The minimum absolute atomic E-state index is 0.320. The second-order valence-electron chi connectivity index (χ2n) is 3.38. The van der Waals surface area contributed by atoms with Crippen molar-refractivity contribution in [3.05, 3.63) is 0 Å². The van der Waals surface area contributed by atoms with Crippen LogP contribution in [0.2, 0.25) is 0 Å². The standard InChI is InChI=1S/C9H18N4O2S/c1-5-7(2)16-9-10-11-12-13(9)6-8(14-3)15-4/h7-8H,5-6H2,1-4H3. The molecule has 0 amide bonds. The SMILES string of the molecule is CCC(C)Sc1nnnn1CC(OC)OC. The third-order valence-corrected chi connectivity index (χ3v) is 3.47. The van der Waals surface area contributed by atoms with E-state index < -0.39 is 0 Å². The maximum Gasteiger partial charge on any atom is 0.209 e. The minimum Gasteiger partial charge on any atom is -0.354 e. The molecule has 0 aliphatic carbocycles. The maximum absolute atomic E-state index is 5.11. The topological polar surface area (TPSA) is 62.1 Å². The number of aromatic nitrogens is 4. The van der Waals surface area contributed by atoms with Gasteiger partial charge in [0.2, 0.25) is 5.16 Å². The molecule has 1 aromatic heterocycles. The number of hydrogen-bond donors (Lipinski definition) is 0. The third-order valence-electron chi connectivity index (χ3n) is 2.23. The van der Waals surface area contributed by atoms with E-state index in [-0.39, 0.29) is 6.29 Å². The highest BCUT2D eigenvalue weighted by molar-refractivity contribution is 7.99. The molecule has 0 N–H and O–H groups in total. The van der Waals surface area contributed by atoms with E-state index in [0.29, 0.717) is 11.8 Å². The predicted molar refractivity (Wildman–Crippen MR) is 61.2 cm³/mol. The van der Waals surface area contributed by atoms with Crippen molar-refractivity contribution in [2.45, 2.75) is 43.5 Å². The highest BCUT2D eigenvalue weighted by Gasteiger charge is 2.14. The van der Waals surface area contributed by atoms with Gasteiger partial charge in [-0.3, -0.25) is 0 Å². The lowest BCUT2D eigenvalue weighted by Gasteiger charge is -2.14. The molecule has 1 heterocycles. The van der Waals surface area contributed by atoms with Gasteiger partial charge in [0.05, 0.1) is 6.54 Å². The molecule has 0 aliphatic rings. The van der Waals surface area contributed by atoms with Crippen molar-refractivity contribution in [1.29, 1.82) is 0 Å². The van der Waals surface area contributed by atoms with Crippen molar-refractivity contribution >= 4 is 11.8 Å². The van der Waals surface area contributed by atoms with Gasteiger partial charge >= 0.3 is 0 Å². The summed E-state index contributed by atoms with van der Waals surface area (Å²) in [5.74, 6) is 0. The lowest BCUT2D eigenvalue weighted by Crippen LogP contribution is -2.22. The Bertz CT molecular complexity index is 303. The van der Waals surface area contributed by atoms with E-state index in [1.807, 2.05) is 0 Å². The molecule has 0 bridgehead atoms. The Balaban J connectivity index is 2.62. The Labute approximate surface area is 99.7 Å². The Morgan fingerprint density at radius 3 is 2.62 bits per heavy atom. The molecule has 0 radical (unpaired) electrons. The molecule has 16 heavy (non-hydrogen) atoms. The minimum atomic E-state index is -0.320. The number of hydrogen-bond acceptors (Lipinski definition) is 6. The second-order valence-corrected chi connectivity index (χ2v) is 4.79. The zero-order valence-corrected chi connectivity index (χ0v) is 10.9. The van der Waals surface area contributed by atoms with Crippen molar-refractivity contribution in [1.82, 2.24) is 20.2 Å². The first-order chi connectivity index (χ1) is 7.71. The monoisotopic (exact) mass is 246 g/mol. The van der Waals surface area contributed by atoms with Gasteiger partial charge in [-0.1, -0.05) is 25.6 Å². The normalized spacial score (nSPS) is 13.3. The van der Waals surface area contributed by atoms with Gasteiger partial charge in [0, 0.05) is 19.5 Å². The summed E-state index contributed by atoms with van der Waals surface area (Å²) in [4.78, 5) is 0. The van der Waals surface area contributed by atoms with Gasteiger partial charge in [0.25, 0.3) is 0 Å². The van der Waals surface area contributed by atoms with E-state index in [1.165, 1.54) is 0 Å². The van der Waals surface area contributed by atoms with E-state index in [4.69, 9.17) is 9.47 Å². The molecule has 0 saturated heterocycles. The van der Waals surface area contributed by atoms with Gasteiger partial charge in [-0.05, 0) is 16.8 Å². The van der Waals surface area contributed by atoms with Crippen LogP contribution in [-0.4, -0.2) is 46.0 Å². The fourth-order valence-electron chi connectivity index (χ4n) is 1.05. The molecule has 0 fully saturated rings. The van der Waals surface area contributed by atoms with E-state index >= 15 is 0 Å². The van der Waals surface area contributed by atoms with Crippen LogP contribution in [0, 0.1) is 0 Å². The Morgan fingerprint density at radius 1 is 1.38 bits per heavy atom.